The predicted molar refractivity (Wildman–Crippen MR) is 72.5 cm³/mol. The number of Topliss-reactive ketones (excluding diaryl/α,β-unsaturated/α-hetero) is 1. The highest BCUT2D eigenvalue weighted by atomic mass is 35.5. The highest BCUT2D eigenvalue weighted by molar-refractivity contribution is 6.28. The molecule has 0 atom stereocenters. The van der Waals surface area contributed by atoms with Crippen molar-refractivity contribution >= 4 is 28.4 Å². The van der Waals surface area contributed by atoms with Crippen molar-refractivity contribution in [3.05, 3.63) is 23.2 Å². The summed E-state index contributed by atoms with van der Waals surface area (Å²) < 4.78 is 2.16. The number of carbonyl (C=O) groups is 1. The summed E-state index contributed by atoms with van der Waals surface area (Å²) in [6.45, 7) is 0. The second-order valence-electron chi connectivity index (χ2n) is 5.64. The van der Waals surface area contributed by atoms with Crippen LogP contribution in [0.25, 0.3) is 11.0 Å². The Bertz CT molecular complexity index is 685. The van der Waals surface area contributed by atoms with E-state index < -0.39 is 0 Å². The Kier molecular flexibility index (Phi) is 2.28. The average molecular weight is 276 g/mol. The lowest BCUT2D eigenvalue weighted by atomic mass is 9.86. The molecular formula is C14H14ClN3O. The van der Waals surface area contributed by atoms with E-state index in [2.05, 4.69) is 14.5 Å². The maximum absolute atomic E-state index is 12.2. The summed E-state index contributed by atoms with van der Waals surface area (Å²) in [5, 5.41) is 1.17. The number of carbonyl (C=O) groups excluding carboxylic acids is 1. The van der Waals surface area contributed by atoms with Crippen molar-refractivity contribution in [2.24, 2.45) is 0 Å². The summed E-state index contributed by atoms with van der Waals surface area (Å²) in [6, 6.07) is 1.92. The minimum atomic E-state index is 0.0860. The third-order valence-corrected chi connectivity index (χ3v) is 4.81. The molecule has 19 heavy (non-hydrogen) atoms. The molecular weight excluding hydrogens is 262 g/mol. The van der Waals surface area contributed by atoms with Gasteiger partial charge in [0.15, 0.2) is 5.78 Å². The molecule has 1 spiro atoms. The van der Waals surface area contributed by atoms with E-state index in [9.17, 15) is 4.79 Å². The summed E-state index contributed by atoms with van der Waals surface area (Å²) in [4.78, 5) is 20.6. The van der Waals surface area contributed by atoms with Crippen molar-refractivity contribution in [1.82, 2.24) is 14.5 Å². The molecule has 5 heteroatoms. The van der Waals surface area contributed by atoms with E-state index in [4.69, 9.17) is 11.6 Å². The van der Waals surface area contributed by atoms with E-state index in [-0.39, 0.29) is 16.6 Å². The van der Waals surface area contributed by atoms with Gasteiger partial charge >= 0.3 is 0 Å². The summed E-state index contributed by atoms with van der Waals surface area (Å²) in [5.74, 6) is 0.214. The van der Waals surface area contributed by atoms with Gasteiger partial charge in [0, 0.05) is 23.5 Å². The van der Waals surface area contributed by atoms with Gasteiger partial charge in [-0.15, -0.1) is 0 Å². The van der Waals surface area contributed by atoms with Crippen molar-refractivity contribution in [2.75, 3.05) is 0 Å². The smallest absolute Gasteiger partial charge is 0.224 e. The van der Waals surface area contributed by atoms with Gasteiger partial charge in [0.05, 0.1) is 5.69 Å². The second-order valence-corrected chi connectivity index (χ2v) is 5.98. The fourth-order valence-electron chi connectivity index (χ4n) is 3.75. The number of rotatable bonds is 0. The third kappa shape index (κ3) is 1.49. The SMILES string of the molecule is O=C1CCC2(CCCC2)n2c1cc1cnc(Cl)nc12. The number of hydrogen-bond acceptors (Lipinski definition) is 3. The molecule has 1 aliphatic carbocycles. The van der Waals surface area contributed by atoms with Gasteiger partial charge < -0.3 is 4.57 Å². The van der Waals surface area contributed by atoms with E-state index in [0.717, 1.165) is 36.0 Å². The van der Waals surface area contributed by atoms with Gasteiger partial charge in [0.2, 0.25) is 5.28 Å². The van der Waals surface area contributed by atoms with Gasteiger partial charge in [-0.05, 0) is 36.9 Å². The average Bonchev–Trinajstić information content (AvgIpc) is 2.99. The molecule has 0 unspecified atom stereocenters. The topological polar surface area (TPSA) is 47.8 Å². The van der Waals surface area contributed by atoms with Gasteiger partial charge in [-0.3, -0.25) is 4.79 Å². The molecule has 0 aromatic carbocycles. The van der Waals surface area contributed by atoms with E-state index in [1.165, 1.54) is 12.8 Å². The number of aromatic nitrogens is 3. The third-order valence-electron chi connectivity index (χ3n) is 4.62. The monoisotopic (exact) mass is 275 g/mol. The molecule has 1 saturated carbocycles. The van der Waals surface area contributed by atoms with Gasteiger partial charge in [0.25, 0.3) is 0 Å². The van der Waals surface area contributed by atoms with Crippen LogP contribution in [-0.4, -0.2) is 20.3 Å². The van der Waals surface area contributed by atoms with Gasteiger partial charge in [0.1, 0.15) is 5.65 Å². The zero-order chi connectivity index (χ0) is 13.0. The van der Waals surface area contributed by atoms with Crippen molar-refractivity contribution < 1.29 is 4.79 Å². The van der Waals surface area contributed by atoms with Gasteiger partial charge in [-0.2, -0.15) is 4.98 Å². The second kappa shape index (κ2) is 3.79. The maximum atomic E-state index is 12.2. The van der Waals surface area contributed by atoms with Crippen LogP contribution in [0.4, 0.5) is 0 Å². The minimum absolute atomic E-state index is 0.0860. The van der Waals surface area contributed by atoms with Crippen molar-refractivity contribution in [2.45, 2.75) is 44.1 Å². The molecule has 2 aromatic rings. The molecule has 4 rings (SSSR count). The molecule has 98 valence electrons. The van der Waals surface area contributed by atoms with Gasteiger partial charge in [-0.1, -0.05) is 12.8 Å². The van der Waals surface area contributed by atoms with Crippen LogP contribution >= 0.6 is 11.6 Å². The predicted octanol–water partition coefficient (Wildman–Crippen LogP) is 3.33. The Morgan fingerprint density at radius 2 is 2.05 bits per heavy atom. The van der Waals surface area contributed by atoms with E-state index in [1.54, 1.807) is 6.20 Å². The number of hydrogen-bond donors (Lipinski definition) is 0. The Morgan fingerprint density at radius 1 is 1.26 bits per heavy atom. The normalized spacial score (nSPS) is 21.2. The van der Waals surface area contributed by atoms with Crippen LogP contribution < -0.4 is 0 Å². The molecule has 0 saturated heterocycles. The molecule has 0 N–H and O–H groups in total. The van der Waals surface area contributed by atoms with Crippen LogP contribution in [-0.2, 0) is 5.54 Å². The first-order valence-electron chi connectivity index (χ1n) is 6.77. The zero-order valence-corrected chi connectivity index (χ0v) is 11.3. The first kappa shape index (κ1) is 11.4. The van der Waals surface area contributed by atoms with Gasteiger partial charge in [-0.25, -0.2) is 4.98 Å². The summed E-state index contributed by atoms with van der Waals surface area (Å²) >= 11 is 5.93. The quantitative estimate of drug-likeness (QED) is 0.693. The molecule has 2 aromatic heterocycles. The maximum Gasteiger partial charge on any atom is 0.224 e. The van der Waals surface area contributed by atoms with Crippen LogP contribution in [0, 0.1) is 0 Å². The molecule has 2 aliphatic rings. The Balaban J connectivity index is 2.06. The molecule has 0 amide bonds. The first-order chi connectivity index (χ1) is 9.20. The highest BCUT2D eigenvalue weighted by Gasteiger charge is 2.42. The van der Waals surface area contributed by atoms with E-state index >= 15 is 0 Å². The summed E-state index contributed by atoms with van der Waals surface area (Å²) in [5.41, 5.74) is 1.70. The fourth-order valence-corrected chi connectivity index (χ4v) is 3.88. The lowest BCUT2D eigenvalue weighted by molar-refractivity contribution is 0.0901. The summed E-state index contributed by atoms with van der Waals surface area (Å²) in [7, 11) is 0. The molecule has 3 heterocycles. The Hall–Kier alpha value is -1.42. The first-order valence-corrected chi connectivity index (χ1v) is 7.15. The van der Waals surface area contributed by atoms with Crippen molar-refractivity contribution in [1.29, 1.82) is 0 Å². The standard InChI is InChI=1S/C14H14ClN3O/c15-13-16-8-9-7-10-11(19)3-6-14(4-1-2-5-14)18(10)12(9)17-13/h7-8H,1-6H2. The lowest BCUT2D eigenvalue weighted by Gasteiger charge is -2.36. The zero-order valence-electron chi connectivity index (χ0n) is 10.5. The molecule has 0 bridgehead atoms. The number of halogens is 1. The number of nitrogens with zero attached hydrogens (tertiary/aromatic N) is 3. The Labute approximate surface area is 115 Å². The van der Waals surface area contributed by atoms with Crippen LogP contribution in [0.5, 0.6) is 0 Å². The molecule has 1 fully saturated rings. The van der Waals surface area contributed by atoms with Crippen LogP contribution in [0.3, 0.4) is 0 Å². The molecule has 1 aliphatic heterocycles. The molecule has 4 nitrogen and oxygen atoms in total. The van der Waals surface area contributed by atoms with Crippen molar-refractivity contribution in [3.8, 4) is 0 Å². The van der Waals surface area contributed by atoms with Crippen molar-refractivity contribution in [3.63, 3.8) is 0 Å². The summed E-state index contributed by atoms with van der Waals surface area (Å²) in [6.07, 6.45) is 8.03. The Morgan fingerprint density at radius 3 is 2.84 bits per heavy atom. The lowest BCUT2D eigenvalue weighted by Crippen LogP contribution is -2.37. The van der Waals surface area contributed by atoms with Crippen LogP contribution in [0.15, 0.2) is 12.3 Å². The number of fused-ring (bicyclic) bond motifs is 4. The largest absolute Gasteiger partial charge is 0.316 e. The van der Waals surface area contributed by atoms with Crippen LogP contribution in [0.1, 0.15) is 49.0 Å². The minimum Gasteiger partial charge on any atom is -0.316 e. The van der Waals surface area contributed by atoms with E-state index in [0.29, 0.717) is 6.42 Å². The highest BCUT2D eigenvalue weighted by Crippen LogP contribution is 2.46. The number of ketones is 1. The fraction of sp³-hybridized carbons (Fsp3) is 0.500. The van der Waals surface area contributed by atoms with Crippen LogP contribution in [0.2, 0.25) is 5.28 Å². The molecule has 0 radical (unpaired) electrons. The van der Waals surface area contributed by atoms with E-state index in [1.807, 2.05) is 6.07 Å².